The Morgan fingerprint density at radius 1 is 1.50 bits per heavy atom. The predicted molar refractivity (Wildman–Crippen MR) is 76.4 cm³/mol. The summed E-state index contributed by atoms with van der Waals surface area (Å²) in [6.07, 6.45) is 2.15. The molecule has 0 radical (unpaired) electrons. The lowest BCUT2D eigenvalue weighted by atomic mass is 10.1. The zero-order valence-corrected chi connectivity index (χ0v) is 11.7. The molecule has 1 aliphatic rings. The van der Waals surface area contributed by atoms with Gasteiger partial charge in [0.2, 0.25) is 12.7 Å². The van der Waals surface area contributed by atoms with Crippen molar-refractivity contribution < 1.29 is 14.3 Å². The number of rotatable bonds is 6. The maximum atomic E-state index is 12.2. The monoisotopic (exact) mass is 276 g/mol. The summed E-state index contributed by atoms with van der Waals surface area (Å²) < 4.78 is 10.6. The number of hydrogen-bond donors (Lipinski definition) is 1. The van der Waals surface area contributed by atoms with Crippen molar-refractivity contribution in [2.75, 3.05) is 13.3 Å². The predicted octanol–water partition coefficient (Wildman–Crippen LogP) is 1.67. The second-order valence-corrected chi connectivity index (χ2v) is 4.67. The smallest absolute Gasteiger partial charge is 0.240 e. The third-order valence-electron chi connectivity index (χ3n) is 3.24. The zero-order valence-electron chi connectivity index (χ0n) is 11.7. The van der Waals surface area contributed by atoms with Crippen LogP contribution in [0.4, 0.5) is 0 Å². The number of nitrogens with two attached hydrogens (primary N) is 1. The van der Waals surface area contributed by atoms with Gasteiger partial charge in [-0.1, -0.05) is 12.1 Å². The third-order valence-corrected chi connectivity index (χ3v) is 3.24. The summed E-state index contributed by atoms with van der Waals surface area (Å²) in [7, 11) is 0. The van der Waals surface area contributed by atoms with Gasteiger partial charge in [-0.2, -0.15) is 0 Å². The Bertz CT molecular complexity index is 502. The van der Waals surface area contributed by atoms with Crippen LogP contribution in [0.25, 0.3) is 0 Å². The number of benzene rings is 1. The highest BCUT2D eigenvalue weighted by molar-refractivity contribution is 5.81. The molecule has 1 aromatic carbocycles. The highest BCUT2D eigenvalue weighted by atomic mass is 16.7. The Hall–Kier alpha value is -2.01. The van der Waals surface area contributed by atoms with E-state index in [9.17, 15) is 4.79 Å². The van der Waals surface area contributed by atoms with Crippen molar-refractivity contribution in [3.05, 3.63) is 36.4 Å². The maximum Gasteiger partial charge on any atom is 0.240 e. The van der Waals surface area contributed by atoms with Gasteiger partial charge >= 0.3 is 0 Å². The molecule has 5 nitrogen and oxygen atoms in total. The minimum absolute atomic E-state index is 0.0648. The highest BCUT2D eigenvalue weighted by Crippen LogP contribution is 2.32. The lowest BCUT2D eigenvalue weighted by molar-refractivity contribution is -0.132. The fourth-order valence-electron chi connectivity index (χ4n) is 2.12. The average molecular weight is 276 g/mol. The zero-order chi connectivity index (χ0) is 14.5. The van der Waals surface area contributed by atoms with Crippen LogP contribution in [0.3, 0.4) is 0 Å². The Morgan fingerprint density at radius 2 is 2.25 bits per heavy atom. The van der Waals surface area contributed by atoms with E-state index in [1.165, 1.54) is 0 Å². The molecule has 0 aromatic heterocycles. The summed E-state index contributed by atoms with van der Waals surface area (Å²) in [5.41, 5.74) is 6.84. The highest BCUT2D eigenvalue weighted by Gasteiger charge is 2.20. The van der Waals surface area contributed by atoms with Gasteiger partial charge in [-0.05, 0) is 31.0 Å². The molecule has 1 aromatic rings. The summed E-state index contributed by atoms with van der Waals surface area (Å²) in [4.78, 5) is 13.9. The first-order valence-corrected chi connectivity index (χ1v) is 6.69. The molecule has 0 saturated heterocycles. The number of hydrogen-bond acceptors (Lipinski definition) is 4. The van der Waals surface area contributed by atoms with Gasteiger partial charge in [0.15, 0.2) is 11.5 Å². The summed E-state index contributed by atoms with van der Waals surface area (Å²) >= 11 is 0. The first-order valence-electron chi connectivity index (χ1n) is 6.69. The van der Waals surface area contributed by atoms with Crippen molar-refractivity contribution in [3.8, 4) is 11.5 Å². The summed E-state index contributed by atoms with van der Waals surface area (Å²) in [5.74, 6) is 1.40. The van der Waals surface area contributed by atoms with Crippen LogP contribution in [0.1, 0.15) is 18.9 Å². The molecule has 0 fully saturated rings. The molecule has 2 rings (SSSR count). The van der Waals surface area contributed by atoms with E-state index >= 15 is 0 Å². The molecule has 1 atom stereocenters. The molecule has 1 unspecified atom stereocenters. The van der Waals surface area contributed by atoms with Crippen molar-refractivity contribution in [2.24, 2.45) is 5.73 Å². The number of carbonyl (C=O) groups excluding carboxylic acids is 1. The molecule has 0 bridgehead atoms. The molecular formula is C15H20N2O3. The maximum absolute atomic E-state index is 12.2. The van der Waals surface area contributed by atoms with Crippen LogP contribution < -0.4 is 15.2 Å². The van der Waals surface area contributed by atoms with Gasteiger partial charge in [0, 0.05) is 13.1 Å². The molecule has 0 saturated carbocycles. The van der Waals surface area contributed by atoms with Crippen molar-refractivity contribution in [1.29, 1.82) is 0 Å². The summed E-state index contributed by atoms with van der Waals surface area (Å²) in [6.45, 7) is 6.92. The van der Waals surface area contributed by atoms with E-state index in [1.54, 1.807) is 11.0 Å². The summed E-state index contributed by atoms with van der Waals surface area (Å²) in [6, 6.07) is 5.17. The van der Waals surface area contributed by atoms with Gasteiger partial charge in [-0.3, -0.25) is 4.79 Å². The van der Waals surface area contributed by atoms with Gasteiger partial charge in [0.25, 0.3) is 0 Å². The molecule has 0 aliphatic carbocycles. The van der Waals surface area contributed by atoms with Crippen LogP contribution in [-0.4, -0.2) is 30.2 Å². The lowest BCUT2D eigenvalue weighted by Crippen LogP contribution is -2.43. The number of ether oxygens (including phenoxy) is 2. The van der Waals surface area contributed by atoms with E-state index in [2.05, 4.69) is 6.58 Å². The van der Waals surface area contributed by atoms with E-state index < -0.39 is 6.04 Å². The van der Waals surface area contributed by atoms with Crippen molar-refractivity contribution >= 4 is 5.91 Å². The van der Waals surface area contributed by atoms with Gasteiger partial charge in [0.1, 0.15) is 0 Å². The van der Waals surface area contributed by atoms with E-state index in [0.717, 1.165) is 17.1 Å². The topological polar surface area (TPSA) is 64.8 Å². The number of nitrogens with zero attached hydrogens (tertiary/aromatic N) is 1. The molecule has 1 aliphatic heterocycles. The number of amides is 1. The Labute approximate surface area is 119 Å². The first-order chi connectivity index (χ1) is 9.65. The average Bonchev–Trinajstić information content (AvgIpc) is 2.91. The van der Waals surface area contributed by atoms with Gasteiger partial charge in [0.05, 0.1) is 6.04 Å². The van der Waals surface area contributed by atoms with Crippen LogP contribution in [0.15, 0.2) is 30.9 Å². The SMILES string of the molecule is C=CCC(N)C(=O)N(CC)Cc1ccc2c(c1)OCO2. The molecule has 1 amide bonds. The largest absolute Gasteiger partial charge is 0.454 e. The number of likely N-dealkylation sites (N-methyl/N-ethyl adjacent to an activating group) is 1. The number of carbonyl (C=O) groups is 1. The van der Waals surface area contributed by atoms with Gasteiger partial charge in [-0.15, -0.1) is 6.58 Å². The van der Waals surface area contributed by atoms with Crippen molar-refractivity contribution in [2.45, 2.75) is 25.9 Å². The fraction of sp³-hybridized carbons (Fsp3) is 0.400. The minimum atomic E-state index is -0.526. The van der Waals surface area contributed by atoms with Gasteiger partial charge in [-0.25, -0.2) is 0 Å². The quantitative estimate of drug-likeness (QED) is 0.803. The van der Waals surface area contributed by atoms with E-state index in [0.29, 0.717) is 19.5 Å². The molecular weight excluding hydrogens is 256 g/mol. The molecule has 0 spiro atoms. The molecule has 1 heterocycles. The third kappa shape index (κ3) is 3.11. The first kappa shape index (κ1) is 14.4. The Morgan fingerprint density at radius 3 is 2.95 bits per heavy atom. The molecule has 2 N–H and O–H groups in total. The molecule has 20 heavy (non-hydrogen) atoms. The normalized spacial score (nSPS) is 13.9. The van der Waals surface area contributed by atoms with Crippen LogP contribution in [0, 0.1) is 0 Å². The molecule has 108 valence electrons. The second kappa shape index (κ2) is 6.43. The minimum Gasteiger partial charge on any atom is -0.454 e. The fourth-order valence-corrected chi connectivity index (χ4v) is 2.12. The van der Waals surface area contributed by atoms with Crippen molar-refractivity contribution in [3.63, 3.8) is 0 Å². The van der Waals surface area contributed by atoms with E-state index in [1.807, 2.05) is 25.1 Å². The van der Waals surface area contributed by atoms with Crippen LogP contribution in [0.2, 0.25) is 0 Å². The Balaban J connectivity index is 2.06. The second-order valence-electron chi connectivity index (χ2n) is 4.67. The van der Waals surface area contributed by atoms with Gasteiger partial charge < -0.3 is 20.1 Å². The number of fused-ring (bicyclic) bond motifs is 1. The van der Waals surface area contributed by atoms with Crippen LogP contribution >= 0.6 is 0 Å². The van der Waals surface area contributed by atoms with Crippen LogP contribution in [-0.2, 0) is 11.3 Å². The van der Waals surface area contributed by atoms with E-state index in [4.69, 9.17) is 15.2 Å². The standard InChI is InChI=1S/C15H20N2O3/c1-3-5-12(16)15(18)17(4-2)9-11-6-7-13-14(8-11)20-10-19-13/h3,6-8,12H,1,4-5,9-10,16H2,2H3. The van der Waals surface area contributed by atoms with Crippen LogP contribution in [0.5, 0.6) is 11.5 Å². The summed E-state index contributed by atoms with van der Waals surface area (Å²) in [5, 5.41) is 0. The lowest BCUT2D eigenvalue weighted by Gasteiger charge is -2.24. The Kier molecular flexibility index (Phi) is 4.63. The van der Waals surface area contributed by atoms with Crippen molar-refractivity contribution in [1.82, 2.24) is 4.90 Å². The van der Waals surface area contributed by atoms with E-state index in [-0.39, 0.29) is 12.7 Å². The molecule has 5 heteroatoms.